The number of hydrogen-bond donors (Lipinski definition) is 0. The van der Waals surface area contributed by atoms with Gasteiger partial charge in [-0.05, 0) is 52.5 Å². The Labute approximate surface area is 159 Å². The van der Waals surface area contributed by atoms with E-state index >= 15 is 0 Å². The average molecular weight is 417 g/mol. The van der Waals surface area contributed by atoms with Gasteiger partial charge in [0, 0.05) is 19.0 Å². The van der Waals surface area contributed by atoms with E-state index in [1.54, 1.807) is 23.1 Å². The van der Waals surface area contributed by atoms with Crippen LogP contribution >= 0.6 is 15.9 Å². The Bertz CT molecular complexity index is 915. The summed E-state index contributed by atoms with van der Waals surface area (Å²) in [4.78, 5) is 18.9. The van der Waals surface area contributed by atoms with E-state index in [2.05, 4.69) is 20.9 Å². The third kappa shape index (κ3) is 3.38. The molecular formula is C20H18BrFN2O2. The zero-order valence-electron chi connectivity index (χ0n) is 14.1. The minimum absolute atomic E-state index is 0.0435. The molecule has 4 rings (SSSR count). The van der Waals surface area contributed by atoms with Gasteiger partial charge in [-0.3, -0.25) is 4.79 Å². The minimum Gasteiger partial charge on any atom is -0.440 e. The molecule has 1 aliphatic rings. The van der Waals surface area contributed by atoms with Gasteiger partial charge in [0.2, 0.25) is 5.91 Å². The quantitative estimate of drug-likeness (QED) is 0.622. The maximum Gasteiger partial charge on any atom is 0.227 e. The summed E-state index contributed by atoms with van der Waals surface area (Å²) < 4.78 is 20.3. The Morgan fingerprint density at radius 3 is 2.73 bits per heavy atom. The number of aromatic nitrogens is 1. The Hall–Kier alpha value is -2.21. The van der Waals surface area contributed by atoms with E-state index in [4.69, 9.17) is 4.42 Å². The second kappa shape index (κ2) is 7.19. The third-order valence-corrected chi connectivity index (χ3v) is 5.49. The fraction of sp³-hybridized carbons (Fsp3) is 0.300. The van der Waals surface area contributed by atoms with Crippen LogP contribution in [0.25, 0.3) is 11.1 Å². The van der Waals surface area contributed by atoms with Crippen molar-refractivity contribution in [3.63, 3.8) is 0 Å². The average Bonchev–Trinajstić information content (AvgIpc) is 3.10. The van der Waals surface area contributed by atoms with E-state index in [1.807, 2.05) is 24.3 Å². The highest BCUT2D eigenvalue weighted by Gasteiger charge is 2.27. The van der Waals surface area contributed by atoms with Crippen LogP contribution in [0.5, 0.6) is 0 Å². The van der Waals surface area contributed by atoms with Crippen molar-refractivity contribution in [2.24, 2.45) is 0 Å². The first kappa shape index (κ1) is 17.2. The summed E-state index contributed by atoms with van der Waals surface area (Å²) >= 11 is 3.16. The first-order valence-electron chi connectivity index (χ1n) is 8.68. The fourth-order valence-corrected chi connectivity index (χ4v) is 3.81. The van der Waals surface area contributed by atoms with Crippen LogP contribution in [0.4, 0.5) is 4.39 Å². The van der Waals surface area contributed by atoms with E-state index in [0.29, 0.717) is 23.1 Å². The van der Waals surface area contributed by atoms with E-state index < -0.39 is 0 Å². The van der Waals surface area contributed by atoms with Gasteiger partial charge in [0.1, 0.15) is 11.3 Å². The number of halogens is 2. The van der Waals surface area contributed by atoms with Gasteiger partial charge in [-0.25, -0.2) is 9.37 Å². The predicted molar refractivity (Wildman–Crippen MR) is 100 cm³/mol. The van der Waals surface area contributed by atoms with E-state index in [-0.39, 0.29) is 24.1 Å². The molecule has 0 unspecified atom stereocenters. The van der Waals surface area contributed by atoms with E-state index in [9.17, 15) is 9.18 Å². The standard InChI is InChI=1S/C20H18BrFN2O2/c21-15-5-3-4-14(19(15)22)12-18(25)24-10-8-13(9-11-24)20-23-16-6-1-2-7-17(16)26-20/h1-7,13H,8-12H2. The van der Waals surface area contributed by atoms with Crippen molar-refractivity contribution in [1.82, 2.24) is 9.88 Å². The van der Waals surface area contributed by atoms with Gasteiger partial charge < -0.3 is 9.32 Å². The van der Waals surface area contributed by atoms with Gasteiger partial charge in [0.05, 0.1) is 10.9 Å². The number of para-hydroxylation sites is 2. The molecular weight excluding hydrogens is 399 g/mol. The monoisotopic (exact) mass is 416 g/mol. The van der Waals surface area contributed by atoms with Crippen molar-refractivity contribution in [2.45, 2.75) is 25.2 Å². The van der Waals surface area contributed by atoms with Gasteiger partial charge in [-0.15, -0.1) is 0 Å². The number of nitrogens with zero attached hydrogens (tertiary/aromatic N) is 2. The SMILES string of the molecule is O=C(Cc1cccc(Br)c1F)N1CCC(c2nc3ccccc3o2)CC1. The number of amides is 1. The van der Waals surface area contributed by atoms with Gasteiger partial charge in [-0.1, -0.05) is 24.3 Å². The molecule has 6 heteroatoms. The molecule has 26 heavy (non-hydrogen) atoms. The summed E-state index contributed by atoms with van der Waals surface area (Å²) in [7, 11) is 0. The van der Waals surface area contributed by atoms with Crippen LogP contribution in [0.2, 0.25) is 0 Å². The van der Waals surface area contributed by atoms with Crippen molar-refractivity contribution in [1.29, 1.82) is 0 Å². The van der Waals surface area contributed by atoms with Crippen LogP contribution in [0.15, 0.2) is 51.4 Å². The normalized spacial score (nSPS) is 15.5. The van der Waals surface area contributed by atoms with Crippen molar-refractivity contribution in [3.8, 4) is 0 Å². The van der Waals surface area contributed by atoms with Crippen molar-refractivity contribution in [2.75, 3.05) is 13.1 Å². The lowest BCUT2D eigenvalue weighted by atomic mass is 9.96. The summed E-state index contributed by atoms with van der Waals surface area (Å²) in [5.74, 6) is 0.561. The zero-order chi connectivity index (χ0) is 18.1. The van der Waals surface area contributed by atoms with Crippen molar-refractivity contribution >= 4 is 32.9 Å². The molecule has 1 aromatic heterocycles. The molecule has 2 heterocycles. The first-order valence-corrected chi connectivity index (χ1v) is 9.47. The third-order valence-electron chi connectivity index (χ3n) is 4.88. The highest BCUT2D eigenvalue weighted by atomic mass is 79.9. The molecule has 134 valence electrons. The lowest BCUT2D eigenvalue weighted by Crippen LogP contribution is -2.39. The number of hydrogen-bond acceptors (Lipinski definition) is 3. The Morgan fingerprint density at radius 1 is 1.19 bits per heavy atom. The molecule has 0 radical (unpaired) electrons. The summed E-state index contributed by atoms with van der Waals surface area (Å²) in [6, 6.07) is 12.8. The summed E-state index contributed by atoms with van der Waals surface area (Å²) in [5.41, 5.74) is 2.09. The van der Waals surface area contributed by atoms with Crippen LogP contribution in [-0.2, 0) is 11.2 Å². The van der Waals surface area contributed by atoms with Gasteiger partial charge in [-0.2, -0.15) is 0 Å². The lowest BCUT2D eigenvalue weighted by molar-refractivity contribution is -0.131. The minimum atomic E-state index is -0.359. The largest absolute Gasteiger partial charge is 0.440 e. The topological polar surface area (TPSA) is 46.3 Å². The highest BCUT2D eigenvalue weighted by Crippen LogP contribution is 2.30. The Morgan fingerprint density at radius 2 is 1.96 bits per heavy atom. The van der Waals surface area contributed by atoms with Gasteiger partial charge in [0.25, 0.3) is 0 Å². The van der Waals surface area contributed by atoms with Crippen molar-refractivity contribution < 1.29 is 13.6 Å². The van der Waals surface area contributed by atoms with Gasteiger partial charge >= 0.3 is 0 Å². The molecule has 0 bridgehead atoms. The fourth-order valence-electron chi connectivity index (χ4n) is 3.40. The summed E-state index contributed by atoms with van der Waals surface area (Å²) in [5, 5.41) is 0. The highest BCUT2D eigenvalue weighted by molar-refractivity contribution is 9.10. The Balaban J connectivity index is 1.40. The lowest BCUT2D eigenvalue weighted by Gasteiger charge is -2.30. The van der Waals surface area contributed by atoms with Crippen LogP contribution < -0.4 is 0 Å². The number of rotatable bonds is 3. The molecule has 1 fully saturated rings. The second-order valence-corrected chi connectivity index (χ2v) is 7.42. The number of piperidine rings is 1. The van der Waals surface area contributed by atoms with Crippen LogP contribution in [0, 0.1) is 5.82 Å². The number of carbonyl (C=O) groups excluding carboxylic acids is 1. The van der Waals surface area contributed by atoms with Crippen LogP contribution in [-0.4, -0.2) is 28.9 Å². The van der Waals surface area contributed by atoms with Crippen LogP contribution in [0.3, 0.4) is 0 Å². The molecule has 0 atom stereocenters. The maximum atomic E-state index is 14.1. The van der Waals surface area contributed by atoms with E-state index in [1.165, 1.54) is 0 Å². The number of carbonyl (C=O) groups is 1. The van der Waals surface area contributed by atoms with E-state index in [0.717, 1.165) is 29.8 Å². The predicted octanol–water partition coefficient (Wildman–Crippen LogP) is 4.68. The number of fused-ring (bicyclic) bond motifs is 1. The zero-order valence-corrected chi connectivity index (χ0v) is 15.7. The first-order chi connectivity index (χ1) is 12.6. The molecule has 1 aliphatic heterocycles. The summed E-state index contributed by atoms with van der Waals surface area (Å²) in [6.07, 6.45) is 1.69. The molecule has 0 N–H and O–H groups in total. The smallest absolute Gasteiger partial charge is 0.227 e. The Kier molecular flexibility index (Phi) is 4.76. The molecule has 4 nitrogen and oxygen atoms in total. The maximum absolute atomic E-state index is 14.1. The molecule has 0 spiro atoms. The molecule has 3 aromatic rings. The number of likely N-dealkylation sites (tertiary alicyclic amines) is 1. The van der Waals surface area contributed by atoms with Gasteiger partial charge in [0.15, 0.2) is 11.5 Å². The molecule has 1 saturated heterocycles. The number of benzene rings is 2. The van der Waals surface area contributed by atoms with Crippen molar-refractivity contribution in [3.05, 3.63) is 64.2 Å². The molecule has 0 saturated carbocycles. The molecule has 0 aliphatic carbocycles. The molecule has 2 aromatic carbocycles. The number of oxazole rings is 1. The second-order valence-electron chi connectivity index (χ2n) is 6.56. The van der Waals surface area contributed by atoms with Crippen LogP contribution in [0.1, 0.15) is 30.2 Å². The summed E-state index contributed by atoms with van der Waals surface area (Å²) in [6.45, 7) is 1.27. The molecule has 1 amide bonds.